The summed E-state index contributed by atoms with van der Waals surface area (Å²) in [5.74, 6) is -0.786. The number of nitrogens with zero attached hydrogens (tertiary/aromatic N) is 8. The van der Waals surface area contributed by atoms with Gasteiger partial charge in [-0.3, -0.25) is 43.7 Å². The van der Waals surface area contributed by atoms with E-state index in [2.05, 4.69) is 30.8 Å². The molecule has 1 aromatic carbocycles. The predicted octanol–water partition coefficient (Wildman–Crippen LogP) is 4.56. The van der Waals surface area contributed by atoms with E-state index in [1.54, 1.807) is 50.3 Å². The Balaban J connectivity index is 1.31. The summed E-state index contributed by atoms with van der Waals surface area (Å²) in [7, 11) is 0. The number of carbonyl (C=O) groups is 4. The number of rotatable bonds is 12. The molecular formula is C33H35N11O4S. The highest BCUT2D eigenvalue weighted by atomic mass is 32.1. The van der Waals surface area contributed by atoms with Crippen LogP contribution >= 0.6 is 11.3 Å². The molecule has 0 spiro atoms. The van der Waals surface area contributed by atoms with Crippen LogP contribution in [0.5, 0.6) is 0 Å². The van der Waals surface area contributed by atoms with Crippen molar-refractivity contribution >= 4 is 68.1 Å². The third kappa shape index (κ3) is 6.49. The summed E-state index contributed by atoms with van der Waals surface area (Å²) >= 11 is 1.19. The van der Waals surface area contributed by atoms with Crippen LogP contribution in [0.3, 0.4) is 0 Å². The Morgan fingerprint density at radius 3 is 1.90 bits per heavy atom. The summed E-state index contributed by atoms with van der Waals surface area (Å²) in [6.07, 6.45) is 3.78. The zero-order chi connectivity index (χ0) is 35.0. The van der Waals surface area contributed by atoms with Gasteiger partial charge in [0.05, 0.1) is 27.3 Å². The average molecular weight is 682 g/mol. The fourth-order valence-electron chi connectivity index (χ4n) is 5.56. The molecule has 0 unspecified atom stereocenters. The summed E-state index contributed by atoms with van der Waals surface area (Å²) in [6.45, 7) is 10.6. The molecule has 252 valence electrons. The molecule has 0 aliphatic heterocycles. The van der Waals surface area contributed by atoms with Gasteiger partial charge in [-0.15, -0.1) is 11.3 Å². The first-order chi connectivity index (χ1) is 23.5. The van der Waals surface area contributed by atoms with Crippen LogP contribution in [-0.4, -0.2) is 62.2 Å². The number of Topliss-reactive ketones (excluding diaryl/α,β-unsaturated/α-hetero) is 1. The van der Waals surface area contributed by atoms with Crippen LogP contribution in [0.15, 0.2) is 48.6 Å². The van der Waals surface area contributed by atoms with Crippen molar-refractivity contribution in [3.63, 3.8) is 0 Å². The second kappa shape index (κ2) is 13.3. The Labute approximate surface area is 284 Å². The number of benzene rings is 1. The lowest BCUT2D eigenvalue weighted by Gasteiger charge is -2.10. The normalized spacial score (nSPS) is 11.6. The molecule has 0 fully saturated rings. The first-order valence-electron chi connectivity index (χ1n) is 15.6. The highest BCUT2D eigenvalue weighted by Gasteiger charge is 2.21. The van der Waals surface area contributed by atoms with E-state index < -0.39 is 5.91 Å². The third-order valence-corrected chi connectivity index (χ3v) is 9.04. The van der Waals surface area contributed by atoms with Crippen LogP contribution in [0.1, 0.15) is 73.2 Å². The number of aromatic nitrogens is 8. The molecule has 49 heavy (non-hydrogen) atoms. The molecule has 0 radical (unpaired) electrons. The van der Waals surface area contributed by atoms with Crippen molar-refractivity contribution in [2.75, 3.05) is 10.6 Å². The SMILES string of the molecule is CCn1nc(C)cc1C(=O)Nc1nc2cc(C(C)=O)ccc2n1C/C=C/Cn1c(NC(=O)c2cc(C)nn2CC)nc2cc(C(N)=O)sc21. The van der Waals surface area contributed by atoms with Gasteiger partial charge in [0.2, 0.25) is 11.9 Å². The van der Waals surface area contributed by atoms with Gasteiger partial charge in [-0.1, -0.05) is 12.2 Å². The maximum Gasteiger partial charge on any atom is 0.276 e. The molecule has 0 saturated heterocycles. The molecule has 0 bridgehead atoms. The van der Waals surface area contributed by atoms with Crippen molar-refractivity contribution in [3.05, 3.63) is 81.8 Å². The Morgan fingerprint density at radius 2 is 1.35 bits per heavy atom. The molecule has 0 saturated carbocycles. The van der Waals surface area contributed by atoms with Crippen molar-refractivity contribution in [3.8, 4) is 0 Å². The fourth-order valence-corrected chi connectivity index (χ4v) is 6.52. The predicted molar refractivity (Wildman–Crippen MR) is 186 cm³/mol. The first kappa shape index (κ1) is 33.0. The third-order valence-electron chi connectivity index (χ3n) is 7.88. The van der Waals surface area contributed by atoms with E-state index in [-0.39, 0.29) is 24.1 Å². The number of nitrogens with two attached hydrogens (primary N) is 1. The first-order valence-corrected chi connectivity index (χ1v) is 16.5. The monoisotopic (exact) mass is 681 g/mol. The Morgan fingerprint density at radius 1 is 0.796 bits per heavy atom. The zero-order valence-corrected chi connectivity index (χ0v) is 28.5. The maximum atomic E-state index is 13.4. The number of ketones is 1. The summed E-state index contributed by atoms with van der Waals surface area (Å²) in [6, 6.07) is 10.3. The average Bonchev–Trinajstić information content (AvgIpc) is 3.87. The molecule has 0 aliphatic rings. The number of allylic oxidation sites excluding steroid dienone is 2. The van der Waals surface area contributed by atoms with E-state index in [9.17, 15) is 19.2 Å². The summed E-state index contributed by atoms with van der Waals surface area (Å²) < 4.78 is 6.87. The maximum absolute atomic E-state index is 13.4. The van der Waals surface area contributed by atoms with Crippen molar-refractivity contribution in [2.24, 2.45) is 5.73 Å². The number of carbonyl (C=O) groups excluding carboxylic acids is 4. The summed E-state index contributed by atoms with van der Waals surface area (Å²) in [5, 5.41) is 14.6. The Kier molecular flexibility index (Phi) is 8.97. The summed E-state index contributed by atoms with van der Waals surface area (Å²) in [5.41, 5.74) is 10.1. The van der Waals surface area contributed by atoms with E-state index in [1.807, 2.05) is 44.4 Å². The molecule has 3 amide bonds. The van der Waals surface area contributed by atoms with Gasteiger partial charge in [0.1, 0.15) is 21.7 Å². The van der Waals surface area contributed by atoms with E-state index in [0.29, 0.717) is 69.2 Å². The van der Waals surface area contributed by atoms with Crippen LogP contribution in [-0.2, 0) is 26.2 Å². The molecule has 15 nitrogen and oxygen atoms in total. The number of hydrogen-bond acceptors (Lipinski definition) is 9. The highest BCUT2D eigenvalue weighted by molar-refractivity contribution is 7.20. The van der Waals surface area contributed by atoms with Gasteiger partial charge >= 0.3 is 0 Å². The van der Waals surface area contributed by atoms with Crippen LogP contribution in [0.25, 0.3) is 21.4 Å². The number of imidazole rings is 2. The van der Waals surface area contributed by atoms with Gasteiger partial charge in [0, 0.05) is 31.7 Å². The lowest BCUT2D eigenvalue weighted by Crippen LogP contribution is -2.20. The minimum atomic E-state index is -0.565. The van der Waals surface area contributed by atoms with Gasteiger partial charge in [-0.05, 0) is 71.0 Å². The lowest BCUT2D eigenvalue weighted by atomic mass is 10.1. The zero-order valence-electron chi connectivity index (χ0n) is 27.6. The number of aryl methyl sites for hydroxylation is 4. The number of amides is 3. The van der Waals surface area contributed by atoms with Crippen molar-refractivity contribution < 1.29 is 19.2 Å². The number of nitrogens with one attached hydrogen (secondary N) is 2. The van der Waals surface area contributed by atoms with Gasteiger partial charge in [-0.25, -0.2) is 9.97 Å². The molecule has 0 aliphatic carbocycles. The number of fused-ring (bicyclic) bond motifs is 2. The molecule has 6 aromatic rings. The quantitative estimate of drug-likeness (QED) is 0.124. The Bertz CT molecular complexity index is 2300. The molecule has 0 atom stereocenters. The van der Waals surface area contributed by atoms with E-state index in [4.69, 9.17) is 5.73 Å². The van der Waals surface area contributed by atoms with Crippen LogP contribution in [0.4, 0.5) is 11.9 Å². The van der Waals surface area contributed by atoms with Gasteiger partial charge in [0.25, 0.3) is 17.7 Å². The second-order valence-corrected chi connectivity index (χ2v) is 12.4. The smallest absolute Gasteiger partial charge is 0.276 e. The minimum absolute atomic E-state index is 0.0962. The van der Waals surface area contributed by atoms with Crippen LogP contribution in [0, 0.1) is 13.8 Å². The second-order valence-electron chi connectivity index (χ2n) is 11.4. The number of primary amides is 1. The highest BCUT2D eigenvalue weighted by Crippen LogP contribution is 2.29. The van der Waals surface area contributed by atoms with Gasteiger partial charge in [0.15, 0.2) is 5.78 Å². The van der Waals surface area contributed by atoms with Crippen molar-refractivity contribution in [1.29, 1.82) is 0 Å². The van der Waals surface area contributed by atoms with Gasteiger partial charge < -0.3 is 10.3 Å². The standard InChI is InChI=1S/C33H35N11O4S/c1-6-43-25(14-18(3)39-43)29(47)37-32-35-22-16-21(20(5)45)10-11-24(22)41(32)12-8-9-13-42-31-23(17-27(49-31)28(34)46)36-33(42)38-30(48)26-15-19(4)40-44(26)7-2/h8-11,14-17H,6-7,12-13H2,1-5H3,(H2,34,46)(H,35,37,47)(H,36,38,48)/b9-8+. The molecule has 16 heteroatoms. The van der Waals surface area contributed by atoms with Crippen LogP contribution in [0.2, 0.25) is 0 Å². The number of thiophene rings is 1. The van der Waals surface area contributed by atoms with Crippen molar-refractivity contribution in [2.45, 2.75) is 60.8 Å². The topological polar surface area (TPSA) is 190 Å². The molecule has 5 heterocycles. The van der Waals surface area contributed by atoms with E-state index in [0.717, 1.165) is 16.9 Å². The fraction of sp³-hybridized carbons (Fsp3) is 0.273. The molecule has 5 aromatic heterocycles. The molecule has 6 rings (SSSR count). The van der Waals surface area contributed by atoms with E-state index >= 15 is 0 Å². The number of anilines is 2. The van der Waals surface area contributed by atoms with E-state index in [1.165, 1.54) is 18.3 Å². The molecule has 4 N–H and O–H groups in total. The number of hydrogen-bond donors (Lipinski definition) is 3. The largest absolute Gasteiger partial charge is 0.365 e. The minimum Gasteiger partial charge on any atom is -0.365 e. The van der Waals surface area contributed by atoms with Gasteiger partial charge in [-0.2, -0.15) is 10.2 Å². The lowest BCUT2D eigenvalue weighted by molar-refractivity contribution is 0.0997. The summed E-state index contributed by atoms with van der Waals surface area (Å²) in [4.78, 5) is 61.0. The van der Waals surface area contributed by atoms with Crippen LogP contribution < -0.4 is 16.4 Å². The Hall–Kier alpha value is -5.90. The molecular weight excluding hydrogens is 647 g/mol. The van der Waals surface area contributed by atoms with Crippen molar-refractivity contribution in [1.82, 2.24) is 38.7 Å².